The summed E-state index contributed by atoms with van der Waals surface area (Å²) in [6.45, 7) is 1.99. The first-order chi connectivity index (χ1) is 7.65. The first kappa shape index (κ1) is 12.4. The van der Waals surface area contributed by atoms with Crippen LogP contribution < -0.4 is 4.74 Å². The molecule has 0 saturated heterocycles. The highest BCUT2D eigenvalue weighted by Gasteiger charge is 2.18. The predicted molar refractivity (Wildman–Crippen MR) is 60.0 cm³/mol. The molecule has 0 spiro atoms. The van der Waals surface area contributed by atoms with Gasteiger partial charge in [-0.3, -0.25) is 0 Å². The zero-order valence-corrected chi connectivity index (χ0v) is 9.74. The average Bonchev–Trinajstić information content (AvgIpc) is 2.30. The van der Waals surface area contributed by atoms with Crippen LogP contribution >= 0.6 is 0 Å². The summed E-state index contributed by atoms with van der Waals surface area (Å²) in [5.41, 5.74) is 0.985. The number of hydrogen-bond donors (Lipinski definition) is 1. The van der Waals surface area contributed by atoms with Gasteiger partial charge in [-0.15, -0.1) is 0 Å². The highest BCUT2D eigenvalue weighted by atomic mass is 16.5. The molecule has 0 atom stereocenters. The van der Waals surface area contributed by atoms with E-state index in [0.717, 1.165) is 6.42 Å². The van der Waals surface area contributed by atoms with Gasteiger partial charge >= 0.3 is 5.97 Å². The lowest BCUT2D eigenvalue weighted by Gasteiger charge is -2.13. The van der Waals surface area contributed by atoms with Crippen molar-refractivity contribution in [3.8, 4) is 11.5 Å². The Balaban J connectivity index is 3.30. The number of benzene rings is 1. The van der Waals surface area contributed by atoms with E-state index in [4.69, 9.17) is 4.74 Å². The van der Waals surface area contributed by atoms with E-state index in [1.807, 2.05) is 6.92 Å². The van der Waals surface area contributed by atoms with Crippen LogP contribution in [0.25, 0.3) is 0 Å². The number of hydrogen-bond acceptors (Lipinski definition) is 4. The third-order valence-electron chi connectivity index (χ3n) is 2.35. The Morgan fingerprint density at radius 2 is 2.06 bits per heavy atom. The van der Waals surface area contributed by atoms with Gasteiger partial charge in [-0.2, -0.15) is 0 Å². The van der Waals surface area contributed by atoms with Crippen LogP contribution in [0.5, 0.6) is 11.5 Å². The fourth-order valence-corrected chi connectivity index (χ4v) is 1.61. The Morgan fingerprint density at radius 3 is 2.56 bits per heavy atom. The van der Waals surface area contributed by atoms with Crippen molar-refractivity contribution in [1.29, 1.82) is 0 Å². The maximum Gasteiger partial charge on any atom is 0.341 e. The van der Waals surface area contributed by atoms with Crippen molar-refractivity contribution < 1.29 is 19.4 Å². The predicted octanol–water partition coefficient (Wildman–Crippen LogP) is 2.14. The summed E-state index contributed by atoms with van der Waals surface area (Å²) in [5, 5.41) is 9.70. The monoisotopic (exact) mass is 224 g/mol. The molecule has 1 aromatic carbocycles. The molecule has 1 N–H and O–H groups in total. The Kier molecular flexibility index (Phi) is 4.17. The van der Waals surface area contributed by atoms with E-state index >= 15 is 0 Å². The second-order valence-electron chi connectivity index (χ2n) is 3.39. The minimum atomic E-state index is -0.464. The Bertz CT molecular complexity index is 385. The van der Waals surface area contributed by atoms with Crippen LogP contribution in [-0.2, 0) is 11.2 Å². The fourth-order valence-electron chi connectivity index (χ4n) is 1.61. The quantitative estimate of drug-likeness (QED) is 0.796. The normalized spacial score (nSPS) is 9.94. The lowest BCUT2D eigenvalue weighted by Crippen LogP contribution is -2.06. The van der Waals surface area contributed by atoms with E-state index in [2.05, 4.69) is 4.74 Å². The Morgan fingerprint density at radius 1 is 1.38 bits per heavy atom. The van der Waals surface area contributed by atoms with Gasteiger partial charge in [0.1, 0.15) is 17.1 Å². The van der Waals surface area contributed by atoms with E-state index in [9.17, 15) is 9.90 Å². The highest BCUT2D eigenvalue weighted by molar-refractivity contribution is 5.93. The van der Waals surface area contributed by atoms with Crippen LogP contribution in [0.15, 0.2) is 12.1 Å². The summed E-state index contributed by atoms with van der Waals surface area (Å²) in [6.07, 6.45) is 1.51. The van der Waals surface area contributed by atoms with Crippen LogP contribution in [0.3, 0.4) is 0 Å². The second-order valence-corrected chi connectivity index (χ2v) is 3.39. The van der Waals surface area contributed by atoms with Crippen molar-refractivity contribution in [3.63, 3.8) is 0 Å². The van der Waals surface area contributed by atoms with Gasteiger partial charge in [-0.05, 0) is 18.6 Å². The molecule has 0 saturated carbocycles. The molecule has 1 aromatic rings. The van der Waals surface area contributed by atoms with Crippen LogP contribution in [0.4, 0.5) is 0 Å². The average molecular weight is 224 g/mol. The molecule has 16 heavy (non-hydrogen) atoms. The molecule has 88 valence electrons. The number of carbonyl (C=O) groups is 1. The SMILES string of the molecule is CCCc1c(O)ccc(C(=O)OC)c1OC. The lowest BCUT2D eigenvalue weighted by atomic mass is 10.0. The number of aromatic hydroxyl groups is 1. The van der Waals surface area contributed by atoms with Gasteiger partial charge in [-0.1, -0.05) is 13.3 Å². The molecule has 0 fully saturated rings. The van der Waals surface area contributed by atoms with Gasteiger partial charge < -0.3 is 14.6 Å². The topological polar surface area (TPSA) is 55.8 Å². The van der Waals surface area contributed by atoms with E-state index in [0.29, 0.717) is 23.3 Å². The van der Waals surface area contributed by atoms with Crippen LogP contribution in [0.2, 0.25) is 0 Å². The molecule has 0 aliphatic rings. The summed E-state index contributed by atoms with van der Waals surface area (Å²) in [6, 6.07) is 2.99. The molecular weight excluding hydrogens is 208 g/mol. The third-order valence-corrected chi connectivity index (χ3v) is 2.35. The maximum absolute atomic E-state index is 11.5. The van der Waals surface area contributed by atoms with Crippen molar-refractivity contribution in [2.45, 2.75) is 19.8 Å². The molecule has 0 radical (unpaired) electrons. The van der Waals surface area contributed by atoms with Crippen molar-refractivity contribution in [1.82, 2.24) is 0 Å². The fraction of sp³-hybridized carbons (Fsp3) is 0.417. The summed E-state index contributed by atoms with van der Waals surface area (Å²) in [4.78, 5) is 11.5. The number of phenols is 1. The summed E-state index contributed by atoms with van der Waals surface area (Å²) < 4.78 is 9.82. The van der Waals surface area contributed by atoms with Crippen LogP contribution in [-0.4, -0.2) is 25.3 Å². The van der Waals surface area contributed by atoms with Gasteiger partial charge in [0.15, 0.2) is 0 Å². The molecule has 0 bridgehead atoms. The van der Waals surface area contributed by atoms with Crippen LogP contribution in [0, 0.1) is 0 Å². The number of ether oxygens (including phenoxy) is 2. The van der Waals surface area contributed by atoms with Crippen LogP contribution in [0.1, 0.15) is 29.3 Å². The molecule has 0 heterocycles. The summed E-state index contributed by atoms with van der Waals surface area (Å²) in [5.74, 6) is 0.0780. The molecule has 0 unspecified atom stereocenters. The first-order valence-corrected chi connectivity index (χ1v) is 5.12. The molecule has 1 rings (SSSR count). The molecule has 0 aliphatic carbocycles. The van der Waals surface area contributed by atoms with E-state index < -0.39 is 5.97 Å². The molecule has 0 aliphatic heterocycles. The largest absolute Gasteiger partial charge is 0.508 e. The maximum atomic E-state index is 11.5. The number of rotatable bonds is 4. The zero-order valence-electron chi connectivity index (χ0n) is 9.74. The van der Waals surface area contributed by atoms with Gasteiger partial charge in [0.05, 0.1) is 14.2 Å². The zero-order chi connectivity index (χ0) is 12.1. The minimum absolute atomic E-state index is 0.145. The molecule has 4 heteroatoms. The standard InChI is InChI=1S/C12H16O4/c1-4-5-8-10(13)7-6-9(11(8)15-2)12(14)16-3/h6-7,13H,4-5H2,1-3H3. The number of esters is 1. The van der Waals surface area contributed by atoms with Crippen molar-refractivity contribution >= 4 is 5.97 Å². The first-order valence-electron chi connectivity index (χ1n) is 5.12. The van der Waals surface area contributed by atoms with E-state index in [-0.39, 0.29) is 5.75 Å². The Hall–Kier alpha value is -1.71. The van der Waals surface area contributed by atoms with Crippen molar-refractivity contribution in [3.05, 3.63) is 23.3 Å². The number of phenolic OH excluding ortho intramolecular Hbond substituents is 1. The van der Waals surface area contributed by atoms with Gasteiger partial charge in [0, 0.05) is 5.56 Å². The Labute approximate surface area is 94.8 Å². The number of methoxy groups -OCH3 is 2. The summed E-state index contributed by atoms with van der Waals surface area (Å²) in [7, 11) is 2.79. The van der Waals surface area contributed by atoms with Gasteiger partial charge in [0.25, 0.3) is 0 Å². The minimum Gasteiger partial charge on any atom is -0.508 e. The molecular formula is C12H16O4. The van der Waals surface area contributed by atoms with Crippen molar-refractivity contribution in [2.75, 3.05) is 14.2 Å². The van der Waals surface area contributed by atoms with Gasteiger partial charge in [-0.25, -0.2) is 4.79 Å². The molecule has 4 nitrogen and oxygen atoms in total. The van der Waals surface area contributed by atoms with Gasteiger partial charge in [0.2, 0.25) is 0 Å². The van der Waals surface area contributed by atoms with Crippen molar-refractivity contribution in [2.24, 2.45) is 0 Å². The number of carbonyl (C=O) groups excluding carboxylic acids is 1. The second kappa shape index (κ2) is 5.39. The third kappa shape index (κ3) is 2.27. The molecule has 0 aromatic heterocycles. The highest BCUT2D eigenvalue weighted by Crippen LogP contribution is 2.32. The van der Waals surface area contributed by atoms with E-state index in [1.165, 1.54) is 26.4 Å². The summed E-state index contributed by atoms with van der Waals surface area (Å²) >= 11 is 0. The molecule has 0 amide bonds. The lowest BCUT2D eigenvalue weighted by molar-refractivity contribution is 0.0597. The smallest absolute Gasteiger partial charge is 0.341 e. The van der Waals surface area contributed by atoms with E-state index in [1.54, 1.807) is 0 Å².